The second kappa shape index (κ2) is 6.47. The monoisotopic (exact) mass is 347 g/mol. The number of nitrogens with zero attached hydrogens (tertiary/aromatic N) is 2. The van der Waals surface area contributed by atoms with E-state index >= 15 is 0 Å². The highest BCUT2D eigenvalue weighted by Gasteiger charge is 2.34. The van der Waals surface area contributed by atoms with Gasteiger partial charge in [0.2, 0.25) is 0 Å². The molecule has 1 aliphatic heterocycles. The van der Waals surface area contributed by atoms with Gasteiger partial charge < -0.3 is 9.64 Å². The largest absolute Gasteiger partial charge is 0.444 e. The molecule has 1 saturated heterocycles. The Labute approximate surface area is 139 Å². The molecule has 0 radical (unpaired) electrons. The van der Waals surface area contributed by atoms with E-state index in [2.05, 4.69) is 10.3 Å². The number of piperidine rings is 1. The van der Waals surface area contributed by atoms with Gasteiger partial charge in [0.15, 0.2) is 0 Å². The van der Waals surface area contributed by atoms with E-state index in [0.29, 0.717) is 10.7 Å². The average Bonchev–Trinajstić information content (AvgIpc) is 2.37. The summed E-state index contributed by atoms with van der Waals surface area (Å²) in [4.78, 5) is 17.6. The smallest absolute Gasteiger partial charge is 0.413 e. The van der Waals surface area contributed by atoms with Crippen molar-refractivity contribution in [3.63, 3.8) is 0 Å². The summed E-state index contributed by atoms with van der Waals surface area (Å²) >= 11 is 6.19. The van der Waals surface area contributed by atoms with E-state index in [1.165, 1.54) is 12.3 Å². The lowest BCUT2D eigenvalue weighted by Gasteiger charge is -2.33. The summed E-state index contributed by atoms with van der Waals surface area (Å²) in [5, 5.41) is 2.83. The summed E-state index contributed by atoms with van der Waals surface area (Å²) in [5.41, 5.74) is -0.0377. The van der Waals surface area contributed by atoms with Gasteiger partial charge >= 0.3 is 6.09 Å². The number of hydrogen-bond donors (Lipinski definition) is 1. The molecule has 0 aliphatic carbocycles. The molecule has 1 fully saturated rings. The average molecular weight is 348 g/mol. The lowest BCUT2D eigenvalue weighted by atomic mass is 10.1. The summed E-state index contributed by atoms with van der Waals surface area (Å²) in [6.07, 6.45) is 0.424. The van der Waals surface area contributed by atoms with Crippen molar-refractivity contribution < 1.29 is 18.3 Å². The van der Waals surface area contributed by atoms with Crippen LogP contribution in [-0.4, -0.2) is 35.7 Å². The number of pyridine rings is 1. The minimum absolute atomic E-state index is 0.207. The van der Waals surface area contributed by atoms with Gasteiger partial charge in [0, 0.05) is 32.0 Å². The van der Waals surface area contributed by atoms with Crippen LogP contribution in [0.15, 0.2) is 12.3 Å². The second-order valence-corrected chi connectivity index (χ2v) is 6.90. The molecular formula is C15H20ClF2N3O2. The molecule has 128 valence electrons. The minimum Gasteiger partial charge on any atom is -0.444 e. The maximum atomic E-state index is 13.2. The zero-order chi connectivity index (χ0) is 17.3. The number of halogens is 3. The van der Waals surface area contributed by atoms with Gasteiger partial charge in [-0.05, 0) is 20.8 Å². The molecule has 0 saturated carbocycles. The van der Waals surface area contributed by atoms with Crippen molar-refractivity contribution in [3.05, 3.63) is 17.3 Å². The Balaban J connectivity index is 2.02. The number of carbonyl (C=O) groups excluding carboxylic acids is 1. The number of ether oxygens (including phenoxy) is 1. The van der Waals surface area contributed by atoms with E-state index in [-0.39, 0.29) is 31.7 Å². The van der Waals surface area contributed by atoms with Crippen LogP contribution in [0.4, 0.5) is 25.1 Å². The quantitative estimate of drug-likeness (QED) is 0.865. The lowest BCUT2D eigenvalue weighted by Crippen LogP contribution is -2.39. The summed E-state index contributed by atoms with van der Waals surface area (Å²) in [6.45, 7) is 5.69. The molecule has 0 atom stereocenters. The molecule has 0 spiro atoms. The predicted molar refractivity (Wildman–Crippen MR) is 85.5 cm³/mol. The normalized spacial score (nSPS) is 17.7. The van der Waals surface area contributed by atoms with Gasteiger partial charge in [-0.25, -0.2) is 18.6 Å². The number of hydrogen-bond acceptors (Lipinski definition) is 4. The number of amides is 1. The predicted octanol–water partition coefficient (Wildman–Crippen LogP) is 4.32. The van der Waals surface area contributed by atoms with Crippen LogP contribution >= 0.6 is 11.6 Å². The third kappa shape index (κ3) is 5.20. The lowest BCUT2D eigenvalue weighted by molar-refractivity contribution is -0.0220. The van der Waals surface area contributed by atoms with Crippen LogP contribution in [-0.2, 0) is 4.74 Å². The molecule has 1 aromatic heterocycles. The fourth-order valence-corrected chi connectivity index (χ4v) is 2.48. The van der Waals surface area contributed by atoms with Crippen LogP contribution in [0.5, 0.6) is 0 Å². The summed E-state index contributed by atoms with van der Waals surface area (Å²) < 4.78 is 31.5. The van der Waals surface area contributed by atoms with Gasteiger partial charge in [0.05, 0.1) is 16.9 Å². The Morgan fingerprint density at radius 3 is 2.52 bits per heavy atom. The molecule has 1 aliphatic rings. The van der Waals surface area contributed by atoms with Crippen molar-refractivity contribution in [2.45, 2.75) is 45.1 Å². The van der Waals surface area contributed by atoms with Gasteiger partial charge in [0.25, 0.3) is 5.92 Å². The number of carbonyl (C=O) groups is 1. The highest BCUT2D eigenvalue weighted by molar-refractivity contribution is 6.33. The first-order valence-electron chi connectivity index (χ1n) is 7.34. The number of alkyl halides is 2. The van der Waals surface area contributed by atoms with Crippen LogP contribution < -0.4 is 10.2 Å². The van der Waals surface area contributed by atoms with Crippen LogP contribution in [0.25, 0.3) is 0 Å². The highest BCUT2D eigenvalue weighted by Crippen LogP contribution is 2.34. The van der Waals surface area contributed by atoms with Crippen LogP contribution in [0.1, 0.15) is 33.6 Å². The highest BCUT2D eigenvalue weighted by atomic mass is 35.5. The molecule has 2 rings (SSSR count). The molecule has 23 heavy (non-hydrogen) atoms. The van der Waals surface area contributed by atoms with Crippen LogP contribution in [0.2, 0.25) is 5.02 Å². The zero-order valence-corrected chi connectivity index (χ0v) is 14.1. The third-order valence-electron chi connectivity index (χ3n) is 3.30. The molecule has 1 N–H and O–H groups in total. The summed E-state index contributed by atoms with van der Waals surface area (Å²) in [5.74, 6) is -2.37. The van der Waals surface area contributed by atoms with E-state index < -0.39 is 17.6 Å². The van der Waals surface area contributed by atoms with Gasteiger partial charge in [-0.2, -0.15) is 0 Å². The van der Waals surface area contributed by atoms with Crippen LogP contribution in [0.3, 0.4) is 0 Å². The Morgan fingerprint density at radius 1 is 1.39 bits per heavy atom. The molecule has 1 aromatic rings. The molecular weight excluding hydrogens is 328 g/mol. The Kier molecular flexibility index (Phi) is 4.98. The first-order valence-corrected chi connectivity index (χ1v) is 7.72. The van der Waals surface area contributed by atoms with Gasteiger partial charge in [-0.15, -0.1) is 0 Å². The molecule has 0 unspecified atom stereocenters. The van der Waals surface area contributed by atoms with Crippen molar-refractivity contribution in [3.8, 4) is 0 Å². The van der Waals surface area contributed by atoms with Crippen molar-refractivity contribution in [1.29, 1.82) is 0 Å². The van der Waals surface area contributed by atoms with Gasteiger partial charge in [-0.1, -0.05) is 11.6 Å². The van der Waals surface area contributed by atoms with E-state index in [1.807, 2.05) is 0 Å². The fraction of sp³-hybridized carbons (Fsp3) is 0.600. The molecule has 0 aromatic carbocycles. The van der Waals surface area contributed by atoms with Crippen molar-refractivity contribution in [2.24, 2.45) is 0 Å². The second-order valence-electron chi connectivity index (χ2n) is 6.49. The molecule has 0 bridgehead atoms. The molecule has 5 nitrogen and oxygen atoms in total. The van der Waals surface area contributed by atoms with Gasteiger partial charge in [-0.3, -0.25) is 5.32 Å². The Hall–Kier alpha value is -1.63. The Morgan fingerprint density at radius 2 is 2.00 bits per heavy atom. The van der Waals surface area contributed by atoms with E-state index in [4.69, 9.17) is 16.3 Å². The first-order chi connectivity index (χ1) is 10.6. The topological polar surface area (TPSA) is 54.5 Å². The fourth-order valence-electron chi connectivity index (χ4n) is 2.21. The van der Waals surface area contributed by atoms with Gasteiger partial charge in [0.1, 0.15) is 11.4 Å². The number of anilines is 2. The third-order valence-corrected chi connectivity index (χ3v) is 3.60. The van der Waals surface area contributed by atoms with E-state index in [1.54, 1.807) is 25.7 Å². The van der Waals surface area contributed by atoms with Crippen molar-refractivity contribution in [1.82, 2.24) is 4.98 Å². The summed E-state index contributed by atoms with van der Waals surface area (Å²) in [7, 11) is 0. The van der Waals surface area contributed by atoms with Crippen molar-refractivity contribution in [2.75, 3.05) is 23.3 Å². The zero-order valence-electron chi connectivity index (χ0n) is 13.3. The SMILES string of the molecule is CC(C)(C)OC(=O)Nc1cc(Cl)c(N2CCC(F)(F)CC2)cn1. The van der Waals surface area contributed by atoms with E-state index in [0.717, 1.165) is 0 Å². The Bertz CT molecular complexity index is 581. The number of aromatic nitrogens is 1. The van der Waals surface area contributed by atoms with Crippen LogP contribution in [0, 0.1) is 0 Å². The molecule has 2 heterocycles. The van der Waals surface area contributed by atoms with Crippen molar-refractivity contribution >= 4 is 29.2 Å². The first kappa shape index (κ1) is 17.7. The maximum absolute atomic E-state index is 13.2. The minimum atomic E-state index is -2.62. The van der Waals surface area contributed by atoms with E-state index in [9.17, 15) is 13.6 Å². The number of rotatable bonds is 2. The standard InChI is InChI=1S/C15H20ClF2N3O2/c1-14(2,3)23-13(22)20-12-8-10(16)11(9-19-12)21-6-4-15(17,18)5-7-21/h8-9H,4-7H2,1-3H3,(H,19,20,22). The molecule has 8 heteroatoms. The maximum Gasteiger partial charge on any atom is 0.413 e. The summed E-state index contributed by atoms with van der Waals surface area (Å²) in [6, 6.07) is 1.48. The number of nitrogens with one attached hydrogen (secondary N) is 1. The molecule has 1 amide bonds.